The van der Waals surface area contributed by atoms with E-state index in [0.29, 0.717) is 11.8 Å². The van der Waals surface area contributed by atoms with Crippen LogP contribution in [-0.4, -0.2) is 27.9 Å². The first kappa shape index (κ1) is 16.0. The molecule has 0 spiro atoms. The Morgan fingerprint density at radius 1 is 1.05 bits per heavy atom. The van der Waals surface area contributed by atoms with E-state index in [9.17, 15) is 0 Å². The number of hydrogen-bond donors (Lipinski definition) is 1. The zero-order valence-corrected chi connectivity index (χ0v) is 13.6. The molecule has 1 fully saturated rings. The van der Waals surface area contributed by atoms with Crippen molar-refractivity contribution in [1.29, 1.82) is 0 Å². The molecule has 0 saturated heterocycles. The number of hydrogen-bond acceptors (Lipinski definition) is 4. The fraction of sp³-hybridized carbons (Fsp3) is 0.647. The van der Waals surface area contributed by atoms with Gasteiger partial charge in [-0.2, -0.15) is 0 Å². The summed E-state index contributed by atoms with van der Waals surface area (Å²) in [6, 6.07) is 4.28. The van der Waals surface area contributed by atoms with Gasteiger partial charge in [-0.3, -0.25) is 0 Å². The maximum Gasteiger partial charge on any atom is 0.164 e. The van der Waals surface area contributed by atoms with Gasteiger partial charge in [0.15, 0.2) is 11.5 Å². The Balaban J connectivity index is 2.31. The van der Waals surface area contributed by atoms with Crippen molar-refractivity contribution >= 4 is 0 Å². The molecular formula is C17H27NO3. The molecule has 21 heavy (non-hydrogen) atoms. The summed E-state index contributed by atoms with van der Waals surface area (Å²) in [6.07, 6.45) is 4.97. The molecule has 0 radical (unpaired) electrons. The molecule has 4 heteroatoms. The fourth-order valence-corrected chi connectivity index (χ4v) is 2.65. The van der Waals surface area contributed by atoms with Gasteiger partial charge in [-0.25, -0.2) is 0 Å². The van der Waals surface area contributed by atoms with Gasteiger partial charge in [0.1, 0.15) is 5.75 Å². The monoisotopic (exact) mass is 293 g/mol. The van der Waals surface area contributed by atoms with E-state index in [0.717, 1.165) is 42.4 Å². The molecule has 0 aromatic heterocycles. The highest BCUT2D eigenvalue weighted by Crippen LogP contribution is 2.43. The van der Waals surface area contributed by atoms with Crippen molar-refractivity contribution < 1.29 is 14.2 Å². The van der Waals surface area contributed by atoms with Gasteiger partial charge in [0.05, 0.1) is 21.3 Å². The first-order valence-electron chi connectivity index (χ1n) is 7.76. The second kappa shape index (κ2) is 7.55. The van der Waals surface area contributed by atoms with E-state index in [2.05, 4.69) is 12.2 Å². The molecule has 0 bridgehead atoms. The van der Waals surface area contributed by atoms with Gasteiger partial charge in [-0.1, -0.05) is 19.8 Å². The topological polar surface area (TPSA) is 39.7 Å². The predicted molar refractivity (Wildman–Crippen MR) is 84.5 cm³/mol. The van der Waals surface area contributed by atoms with Crippen molar-refractivity contribution in [3.8, 4) is 17.2 Å². The van der Waals surface area contributed by atoms with E-state index in [-0.39, 0.29) is 0 Å². The molecule has 1 atom stereocenters. The van der Waals surface area contributed by atoms with E-state index in [1.807, 2.05) is 12.1 Å². The zero-order chi connectivity index (χ0) is 15.2. The predicted octanol–water partition coefficient (Wildman–Crippen LogP) is 3.55. The molecule has 118 valence electrons. The second-order valence-electron chi connectivity index (χ2n) is 5.63. The minimum Gasteiger partial charge on any atom is -0.496 e. The Morgan fingerprint density at radius 2 is 1.67 bits per heavy atom. The van der Waals surface area contributed by atoms with Crippen LogP contribution >= 0.6 is 0 Å². The Morgan fingerprint density at radius 3 is 2.19 bits per heavy atom. The summed E-state index contributed by atoms with van der Waals surface area (Å²) in [5.41, 5.74) is 1.16. The van der Waals surface area contributed by atoms with Crippen molar-refractivity contribution in [3.63, 3.8) is 0 Å². The average molecular weight is 293 g/mol. The zero-order valence-electron chi connectivity index (χ0n) is 13.6. The molecular weight excluding hydrogens is 266 g/mol. The van der Waals surface area contributed by atoms with Crippen molar-refractivity contribution in [2.45, 2.75) is 38.6 Å². The van der Waals surface area contributed by atoms with Crippen molar-refractivity contribution in [2.75, 3.05) is 27.9 Å². The molecule has 1 N–H and O–H groups in total. The molecule has 1 aliphatic rings. The molecule has 1 aliphatic carbocycles. The van der Waals surface area contributed by atoms with Crippen LogP contribution in [0.5, 0.6) is 17.2 Å². The third kappa shape index (κ3) is 4.03. The van der Waals surface area contributed by atoms with E-state index in [1.165, 1.54) is 12.8 Å². The maximum atomic E-state index is 5.57. The molecule has 1 aromatic carbocycles. The molecule has 1 aromatic rings. The number of methoxy groups -OCH3 is 3. The summed E-state index contributed by atoms with van der Waals surface area (Å²) in [6.45, 7) is 3.20. The van der Waals surface area contributed by atoms with Crippen molar-refractivity contribution in [1.82, 2.24) is 5.32 Å². The van der Waals surface area contributed by atoms with Crippen LogP contribution < -0.4 is 19.5 Å². The van der Waals surface area contributed by atoms with Gasteiger partial charge in [-0.05, 0) is 31.4 Å². The number of ether oxygens (including phenoxy) is 3. The molecule has 0 heterocycles. The van der Waals surface area contributed by atoms with Crippen LogP contribution in [0, 0.1) is 5.92 Å². The quantitative estimate of drug-likeness (QED) is 0.756. The van der Waals surface area contributed by atoms with Crippen molar-refractivity contribution in [2.24, 2.45) is 5.92 Å². The highest BCUT2D eigenvalue weighted by molar-refractivity contribution is 5.51. The van der Waals surface area contributed by atoms with Gasteiger partial charge in [0, 0.05) is 17.7 Å². The normalized spacial score (nSPS) is 15.6. The maximum absolute atomic E-state index is 5.57. The Kier molecular flexibility index (Phi) is 5.74. The average Bonchev–Trinajstić information content (AvgIpc) is 3.34. The fourth-order valence-electron chi connectivity index (χ4n) is 2.65. The number of rotatable bonds is 9. The van der Waals surface area contributed by atoms with Gasteiger partial charge in [-0.15, -0.1) is 0 Å². The van der Waals surface area contributed by atoms with E-state index < -0.39 is 0 Å². The first-order valence-corrected chi connectivity index (χ1v) is 7.76. The third-order valence-electron chi connectivity index (χ3n) is 4.02. The molecule has 2 rings (SSSR count). The van der Waals surface area contributed by atoms with Crippen LogP contribution in [0.25, 0.3) is 0 Å². The van der Waals surface area contributed by atoms with E-state index in [1.54, 1.807) is 21.3 Å². The van der Waals surface area contributed by atoms with Gasteiger partial charge in [0.2, 0.25) is 0 Å². The summed E-state index contributed by atoms with van der Waals surface area (Å²) in [5, 5.41) is 3.64. The Labute approximate surface area is 127 Å². The minimum absolute atomic E-state index is 0.312. The summed E-state index contributed by atoms with van der Waals surface area (Å²) < 4.78 is 16.4. The van der Waals surface area contributed by atoms with Gasteiger partial charge in [0.25, 0.3) is 0 Å². The SMILES string of the molecule is CCCNC(CC1CC1)c1cc(OC)c(OC)cc1OC. The molecule has 0 aliphatic heterocycles. The van der Waals surface area contributed by atoms with Crippen LogP contribution in [0.2, 0.25) is 0 Å². The van der Waals surface area contributed by atoms with Crippen LogP contribution in [0.1, 0.15) is 44.2 Å². The molecule has 1 unspecified atom stereocenters. The van der Waals surface area contributed by atoms with Crippen molar-refractivity contribution in [3.05, 3.63) is 17.7 Å². The van der Waals surface area contributed by atoms with Crippen LogP contribution in [0.4, 0.5) is 0 Å². The highest BCUT2D eigenvalue weighted by atomic mass is 16.5. The van der Waals surface area contributed by atoms with E-state index in [4.69, 9.17) is 14.2 Å². The standard InChI is InChI=1S/C17H27NO3/c1-5-8-18-14(9-12-6-7-12)13-10-16(20-3)17(21-4)11-15(13)19-2/h10-12,14,18H,5-9H2,1-4H3. The lowest BCUT2D eigenvalue weighted by atomic mass is 9.99. The summed E-state index contributed by atoms with van der Waals surface area (Å²) in [7, 11) is 5.02. The lowest BCUT2D eigenvalue weighted by Crippen LogP contribution is -2.23. The van der Waals surface area contributed by atoms with Gasteiger partial charge >= 0.3 is 0 Å². The van der Waals surface area contributed by atoms with Crippen LogP contribution in [0.3, 0.4) is 0 Å². The summed E-state index contributed by atoms with van der Waals surface area (Å²) in [4.78, 5) is 0. The first-order chi connectivity index (χ1) is 10.2. The number of benzene rings is 1. The smallest absolute Gasteiger partial charge is 0.164 e. The Bertz CT molecular complexity index is 458. The molecule has 4 nitrogen and oxygen atoms in total. The Hall–Kier alpha value is -1.42. The molecule has 1 saturated carbocycles. The van der Waals surface area contributed by atoms with Crippen LogP contribution in [-0.2, 0) is 0 Å². The number of nitrogens with one attached hydrogen (secondary N) is 1. The minimum atomic E-state index is 0.312. The molecule has 0 amide bonds. The summed E-state index contributed by atoms with van der Waals surface area (Å²) in [5.74, 6) is 3.17. The lowest BCUT2D eigenvalue weighted by Gasteiger charge is -2.23. The third-order valence-corrected chi connectivity index (χ3v) is 4.02. The highest BCUT2D eigenvalue weighted by Gasteiger charge is 2.28. The largest absolute Gasteiger partial charge is 0.496 e. The van der Waals surface area contributed by atoms with Crippen LogP contribution in [0.15, 0.2) is 12.1 Å². The lowest BCUT2D eigenvalue weighted by molar-refractivity contribution is 0.343. The second-order valence-corrected chi connectivity index (χ2v) is 5.63. The van der Waals surface area contributed by atoms with Gasteiger partial charge < -0.3 is 19.5 Å². The van der Waals surface area contributed by atoms with E-state index >= 15 is 0 Å². The summed E-state index contributed by atoms with van der Waals surface area (Å²) >= 11 is 0.